The summed E-state index contributed by atoms with van der Waals surface area (Å²) in [4.78, 5) is 14.7. The number of nitrogens with zero attached hydrogens (tertiary/aromatic N) is 1. The van der Waals surface area contributed by atoms with Crippen LogP contribution in [0.1, 0.15) is 42.0 Å². The number of methoxy groups -OCH3 is 3. The van der Waals surface area contributed by atoms with E-state index in [2.05, 4.69) is 5.32 Å². The van der Waals surface area contributed by atoms with Crippen molar-refractivity contribution in [1.82, 2.24) is 10.2 Å². The first kappa shape index (κ1) is 24.7. The lowest BCUT2D eigenvalue weighted by Gasteiger charge is -2.35. The third-order valence-electron chi connectivity index (χ3n) is 5.85. The molecule has 33 heavy (non-hydrogen) atoms. The number of hydrogen-bond donors (Lipinski definition) is 1. The van der Waals surface area contributed by atoms with Gasteiger partial charge in [-0.2, -0.15) is 13.2 Å². The van der Waals surface area contributed by atoms with E-state index >= 15 is 0 Å². The van der Waals surface area contributed by atoms with Gasteiger partial charge < -0.3 is 19.5 Å². The Hall–Kier alpha value is -2.94. The zero-order chi connectivity index (χ0) is 24.0. The number of benzene rings is 2. The maximum atomic E-state index is 12.9. The van der Waals surface area contributed by atoms with Crippen LogP contribution in [-0.2, 0) is 17.5 Å². The standard InChI is InChI=1S/C24H29F3N2O4/c1-31-20-13-22(33-3)21(32-2)12-17(20)14-28-23(30)15-29-11-5-4-6-19(29)16-7-9-18(10-8-16)24(25,26)27/h7-10,12-13,19H,4-6,11,14-15H2,1-3H3,(H,28,30). The fourth-order valence-electron chi connectivity index (χ4n) is 4.12. The fraction of sp³-hybridized carbons (Fsp3) is 0.458. The molecule has 0 saturated carbocycles. The Kier molecular flexibility index (Phi) is 8.07. The highest BCUT2D eigenvalue weighted by Gasteiger charge is 2.31. The van der Waals surface area contributed by atoms with Crippen molar-refractivity contribution in [3.63, 3.8) is 0 Å². The average Bonchev–Trinajstić information content (AvgIpc) is 2.82. The van der Waals surface area contributed by atoms with Gasteiger partial charge in [0.05, 0.1) is 33.4 Å². The van der Waals surface area contributed by atoms with E-state index in [1.54, 1.807) is 12.1 Å². The molecule has 1 heterocycles. The zero-order valence-electron chi connectivity index (χ0n) is 19.0. The molecule has 1 aliphatic heterocycles. The monoisotopic (exact) mass is 466 g/mol. The van der Waals surface area contributed by atoms with Gasteiger partial charge in [0.1, 0.15) is 5.75 Å². The molecular formula is C24H29F3N2O4. The van der Waals surface area contributed by atoms with E-state index < -0.39 is 11.7 Å². The van der Waals surface area contributed by atoms with Crippen LogP contribution in [0.4, 0.5) is 13.2 Å². The van der Waals surface area contributed by atoms with Crippen LogP contribution >= 0.6 is 0 Å². The molecule has 1 aliphatic rings. The van der Waals surface area contributed by atoms with Crippen molar-refractivity contribution >= 4 is 5.91 Å². The van der Waals surface area contributed by atoms with Crippen molar-refractivity contribution in [3.05, 3.63) is 53.1 Å². The molecule has 1 fully saturated rings. The number of piperidine rings is 1. The second-order valence-electron chi connectivity index (χ2n) is 7.90. The third-order valence-corrected chi connectivity index (χ3v) is 5.85. The zero-order valence-corrected chi connectivity index (χ0v) is 19.0. The normalized spacial score (nSPS) is 16.8. The minimum Gasteiger partial charge on any atom is -0.496 e. The van der Waals surface area contributed by atoms with E-state index in [-0.39, 0.29) is 25.0 Å². The number of alkyl halides is 3. The molecule has 9 heteroatoms. The second kappa shape index (κ2) is 10.8. The smallest absolute Gasteiger partial charge is 0.416 e. The number of carbonyl (C=O) groups is 1. The molecule has 0 aromatic heterocycles. The van der Waals surface area contributed by atoms with Gasteiger partial charge in [-0.15, -0.1) is 0 Å². The predicted octanol–water partition coefficient (Wildman–Crippen LogP) is 4.57. The molecule has 0 bridgehead atoms. The molecular weight excluding hydrogens is 437 g/mol. The largest absolute Gasteiger partial charge is 0.496 e. The second-order valence-corrected chi connectivity index (χ2v) is 7.90. The van der Waals surface area contributed by atoms with E-state index in [1.165, 1.54) is 33.5 Å². The number of halogens is 3. The number of amides is 1. The van der Waals surface area contributed by atoms with Crippen molar-refractivity contribution in [1.29, 1.82) is 0 Å². The summed E-state index contributed by atoms with van der Waals surface area (Å²) < 4.78 is 54.7. The first-order valence-corrected chi connectivity index (χ1v) is 10.7. The minimum absolute atomic E-state index is 0.0950. The molecule has 0 aliphatic carbocycles. The summed E-state index contributed by atoms with van der Waals surface area (Å²) in [6.07, 6.45) is -1.67. The van der Waals surface area contributed by atoms with E-state index in [9.17, 15) is 18.0 Å². The number of rotatable bonds is 8. The molecule has 3 rings (SSSR count). The fourth-order valence-corrected chi connectivity index (χ4v) is 4.12. The van der Waals surface area contributed by atoms with Crippen molar-refractivity contribution in [2.75, 3.05) is 34.4 Å². The van der Waals surface area contributed by atoms with Gasteiger partial charge in [0, 0.05) is 24.2 Å². The molecule has 0 spiro atoms. The molecule has 0 radical (unpaired) electrons. The quantitative estimate of drug-likeness (QED) is 0.618. The maximum absolute atomic E-state index is 12.9. The van der Waals surface area contributed by atoms with Crippen LogP contribution in [0, 0.1) is 0 Å². The Bertz CT molecular complexity index is 948. The minimum atomic E-state index is -4.37. The Morgan fingerprint density at radius 1 is 1.00 bits per heavy atom. The number of likely N-dealkylation sites (tertiary alicyclic amines) is 1. The van der Waals surface area contributed by atoms with E-state index in [1.807, 2.05) is 4.90 Å². The molecule has 1 atom stereocenters. The lowest BCUT2D eigenvalue weighted by molar-refractivity contribution is -0.137. The van der Waals surface area contributed by atoms with Crippen LogP contribution in [0.3, 0.4) is 0 Å². The van der Waals surface area contributed by atoms with Gasteiger partial charge >= 0.3 is 6.18 Å². The summed E-state index contributed by atoms with van der Waals surface area (Å²) in [7, 11) is 4.60. The Morgan fingerprint density at radius 3 is 2.24 bits per heavy atom. The summed E-state index contributed by atoms with van der Waals surface area (Å²) in [5.41, 5.74) is 0.855. The van der Waals surface area contributed by atoms with Crippen LogP contribution < -0.4 is 19.5 Å². The lowest BCUT2D eigenvalue weighted by Crippen LogP contribution is -2.41. The van der Waals surface area contributed by atoms with Gasteiger partial charge in [0.15, 0.2) is 11.5 Å². The summed E-state index contributed by atoms with van der Waals surface area (Å²) in [6.45, 7) is 1.10. The van der Waals surface area contributed by atoms with Gasteiger partial charge in [-0.1, -0.05) is 18.6 Å². The number of ether oxygens (including phenoxy) is 3. The van der Waals surface area contributed by atoms with Crippen LogP contribution in [0.15, 0.2) is 36.4 Å². The highest BCUT2D eigenvalue weighted by Crippen LogP contribution is 2.35. The molecule has 180 valence electrons. The number of nitrogens with one attached hydrogen (secondary N) is 1. The average molecular weight is 467 g/mol. The summed E-state index contributed by atoms with van der Waals surface area (Å²) in [5, 5.41) is 2.91. The van der Waals surface area contributed by atoms with Crippen LogP contribution in [0.25, 0.3) is 0 Å². The highest BCUT2D eigenvalue weighted by molar-refractivity contribution is 5.78. The van der Waals surface area contributed by atoms with E-state index in [4.69, 9.17) is 14.2 Å². The van der Waals surface area contributed by atoms with Crippen molar-refractivity contribution in [2.24, 2.45) is 0 Å². The van der Waals surface area contributed by atoms with Gasteiger partial charge in [0.25, 0.3) is 0 Å². The molecule has 1 saturated heterocycles. The number of hydrogen-bond acceptors (Lipinski definition) is 5. The topological polar surface area (TPSA) is 60.0 Å². The van der Waals surface area contributed by atoms with Crippen LogP contribution in [0.2, 0.25) is 0 Å². The van der Waals surface area contributed by atoms with E-state index in [0.29, 0.717) is 23.8 Å². The van der Waals surface area contributed by atoms with Gasteiger partial charge in [-0.05, 0) is 43.1 Å². The van der Waals surface area contributed by atoms with Crippen molar-refractivity contribution in [3.8, 4) is 17.2 Å². The summed E-state index contributed by atoms with van der Waals surface area (Å²) in [5.74, 6) is 1.44. The molecule has 2 aromatic carbocycles. The van der Waals surface area contributed by atoms with Crippen molar-refractivity contribution in [2.45, 2.75) is 38.0 Å². The van der Waals surface area contributed by atoms with E-state index in [0.717, 1.165) is 42.5 Å². The molecule has 1 N–H and O–H groups in total. The first-order valence-electron chi connectivity index (χ1n) is 10.7. The molecule has 1 amide bonds. The Morgan fingerprint density at radius 2 is 1.64 bits per heavy atom. The van der Waals surface area contributed by atoms with Gasteiger partial charge in [-0.3, -0.25) is 9.69 Å². The van der Waals surface area contributed by atoms with Crippen LogP contribution in [-0.4, -0.2) is 45.2 Å². The summed E-state index contributed by atoms with van der Waals surface area (Å²) >= 11 is 0. The van der Waals surface area contributed by atoms with Gasteiger partial charge in [0.2, 0.25) is 5.91 Å². The molecule has 1 unspecified atom stereocenters. The van der Waals surface area contributed by atoms with Crippen molar-refractivity contribution < 1.29 is 32.2 Å². The first-order chi connectivity index (χ1) is 15.8. The lowest BCUT2D eigenvalue weighted by atomic mass is 9.94. The Balaban J connectivity index is 1.66. The number of carbonyl (C=O) groups excluding carboxylic acids is 1. The maximum Gasteiger partial charge on any atom is 0.416 e. The SMILES string of the molecule is COc1cc(OC)c(OC)cc1CNC(=O)CN1CCCCC1c1ccc(C(F)(F)F)cc1. The molecule has 6 nitrogen and oxygen atoms in total. The van der Waals surface area contributed by atoms with Crippen LogP contribution in [0.5, 0.6) is 17.2 Å². The highest BCUT2D eigenvalue weighted by atomic mass is 19.4. The molecule has 2 aromatic rings. The van der Waals surface area contributed by atoms with Gasteiger partial charge in [-0.25, -0.2) is 0 Å². The summed E-state index contributed by atoms with van der Waals surface area (Å²) in [6, 6.07) is 8.59. The third kappa shape index (κ3) is 6.10. The Labute approximate surface area is 191 Å². The predicted molar refractivity (Wildman–Crippen MR) is 118 cm³/mol.